The van der Waals surface area contributed by atoms with Crippen LogP contribution in [0.2, 0.25) is 0 Å². The van der Waals surface area contributed by atoms with Crippen LogP contribution in [0.1, 0.15) is 39.0 Å². The number of hydrogen-bond donors (Lipinski definition) is 0. The fourth-order valence-corrected chi connectivity index (χ4v) is 2.76. The van der Waals surface area contributed by atoms with Crippen molar-refractivity contribution in [1.29, 1.82) is 0 Å². The molecule has 0 radical (unpaired) electrons. The first-order chi connectivity index (χ1) is 7.41. The van der Waals surface area contributed by atoms with Crippen LogP contribution in [0, 0.1) is 0 Å². The number of esters is 1. The van der Waals surface area contributed by atoms with Gasteiger partial charge < -0.3 is 9.47 Å². The summed E-state index contributed by atoms with van der Waals surface area (Å²) in [6.45, 7) is 1.82. The van der Waals surface area contributed by atoms with E-state index in [4.69, 9.17) is 9.47 Å². The molecule has 16 heavy (non-hydrogen) atoms. The highest BCUT2D eigenvalue weighted by Gasteiger charge is 2.75. The van der Waals surface area contributed by atoms with Crippen LogP contribution in [0.3, 0.4) is 0 Å². The van der Waals surface area contributed by atoms with E-state index in [1.165, 1.54) is 7.11 Å². The molecule has 1 saturated heterocycles. The lowest BCUT2D eigenvalue weighted by Gasteiger charge is -2.28. The summed E-state index contributed by atoms with van der Waals surface area (Å²) in [7, 11) is 1.30. The van der Waals surface area contributed by atoms with Gasteiger partial charge in [-0.1, -0.05) is 6.92 Å². The quantitative estimate of drug-likeness (QED) is 0.543. The number of alkyl halides is 2. The number of methoxy groups -OCH3 is 1. The van der Waals surface area contributed by atoms with Gasteiger partial charge in [0.25, 0.3) is 0 Å². The van der Waals surface area contributed by atoms with Gasteiger partial charge in [0.15, 0.2) is 5.60 Å². The number of halogens is 2. The number of carbonyl (C=O) groups is 1. The van der Waals surface area contributed by atoms with E-state index >= 15 is 0 Å². The van der Waals surface area contributed by atoms with Crippen molar-refractivity contribution >= 4 is 5.97 Å². The molecule has 1 unspecified atom stereocenters. The molecule has 0 bridgehead atoms. The number of rotatable bonds is 2. The van der Waals surface area contributed by atoms with Crippen molar-refractivity contribution in [3.05, 3.63) is 0 Å². The van der Waals surface area contributed by atoms with Gasteiger partial charge in [-0.25, -0.2) is 13.6 Å². The Morgan fingerprint density at radius 3 is 2.31 bits per heavy atom. The van der Waals surface area contributed by atoms with E-state index in [1.54, 1.807) is 0 Å². The molecule has 5 heteroatoms. The maximum absolute atomic E-state index is 13.0. The highest BCUT2D eigenvalue weighted by atomic mass is 19.3. The monoisotopic (exact) mass is 234 g/mol. The molecule has 1 spiro atoms. The lowest BCUT2D eigenvalue weighted by Crippen LogP contribution is -2.39. The first kappa shape index (κ1) is 11.8. The molecule has 0 aromatic rings. The largest absolute Gasteiger partial charge is 0.467 e. The van der Waals surface area contributed by atoms with Crippen LogP contribution < -0.4 is 0 Å². The zero-order valence-corrected chi connectivity index (χ0v) is 9.52. The molecule has 1 atom stereocenters. The molecule has 0 N–H and O–H groups in total. The third kappa shape index (κ3) is 1.44. The van der Waals surface area contributed by atoms with E-state index in [2.05, 4.69) is 0 Å². The highest BCUT2D eigenvalue weighted by Crippen LogP contribution is 2.60. The van der Waals surface area contributed by atoms with Gasteiger partial charge >= 0.3 is 5.97 Å². The summed E-state index contributed by atoms with van der Waals surface area (Å²) in [5.41, 5.74) is -1.64. The minimum Gasteiger partial charge on any atom is -0.467 e. The number of carbonyl (C=O) groups excluding carboxylic acids is 1. The normalized spacial score (nSPS) is 34.8. The lowest BCUT2D eigenvalue weighted by atomic mass is 9.77. The molecule has 2 fully saturated rings. The van der Waals surface area contributed by atoms with Crippen LogP contribution in [-0.4, -0.2) is 30.2 Å². The first-order valence-electron chi connectivity index (χ1n) is 5.58. The molecule has 2 rings (SSSR count). The van der Waals surface area contributed by atoms with Crippen LogP contribution >= 0.6 is 0 Å². The van der Waals surface area contributed by atoms with Gasteiger partial charge in [0.2, 0.25) is 5.92 Å². The molecule has 3 nitrogen and oxygen atoms in total. The van der Waals surface area contributed by atoms with Crippen LogP contribution in [0.15, 0.2) is 0 Å². The molecule has 1 heterocycles. The second-order valence-electron chi connectivity index (χ2n) is 4.62. The van der Waals surface area contributed by atoms with Gasteiger partial charge in [-0.15, -0.1) is 0 Å². The smallest absolute Gasteiger partial charge is 0.341 e. The van der Waals surface area contributed by atoms with Gasteiger partial charge in [-0.05, 0) is 19.3 Å². The van der Waals surface area contributed by atoms with Crippen molar-refractivity contribution < 1.29 is 23.0 Å². The molecule has 2 aliphatic rings. The van der Waals surface area contributed by atoms with Crippen molar-refractivity contribution in [1.82, 2.24) is 0 Å². The van der Waals surface area contributed by atoms with Gasteiger partial charge in [0, 0.05) is 12.8 Å². The molecule has 0 aromatic carbocycles. The second-order valence-corrected chi connectivity index (χ2v) is 4.62. The van der Waals surface area contributed by atoms with Crippen molar-refractivity contribution in [2.75, 3.05) is 7.11 Å². The summed E-state index contributed by atoms with van der Waals surface area (Å²) < 4.78 is 36.3. The zero-order chi connectivity index (χ0) is 12.0. The second kappa shape index (κ2) is 3.39. The third-order valence-corrected chi connectivity index (χ3v) is 3.87. The van der Waals surface area contributed by atoms with E-state index < -0.39 is 23.1 Å². The molecule has 0 aromatic heterocycles. The number of hydrogen-bond acceptors (Lipinski definition) is 3. The molecule has 92 valence electrons. The SMILES string of the molecule is CCC1(C(=O)OC)OC12CCC(F)(F)CC2. The summed E-state index contributed by atoms with van der Waals surface area (Å²) in [4.78, 5) is 11.6. The zero-order valence-electron chi connectivity index (χ0n) is 9.52. The average molecular weight is 234 g/mol. The third-order valence-electron chi connectivity index (χ3n) is 3.87. The maximum Gasteiger partial charge on any atom is 0.341 e. The molecule has 1 aliphatic carbocycles. The van der Waals surface area contributed by atoms with E-state index in [-0.39, 0.29) is 25.7 Å². The molecule has 1 saturated carbocycles. The Hall–Kier alpha value is -0.710. The Morgan fingerprint density at radius 2 is 1.88 bits per heavy atom. The van der Waals surface area contributed by atoms with Gasteiger partial charge in [-0.2, -0.15) is 0 Å². The Kier molecular flexibility index (Phi) is 2.49. The van der Waals surface area contributed by atoms with Crippen molar-refractivity contribution in [2.24, 2.45) is 0 Å². The van der Waals surface area contributed by atoms with E-state index in [0.29, 0.717) is 6.42 Å². The maximum atomic E-state index is 13.0. The van der Waals surface area contributed by atoms with Crippen LogP contribution in [0.4, 0.5) is 8.78 Å². The molecule has 1 aliphatic heterocycles. The van der Waals surface area contributed by atoms with Crippen LogP contribution in [0.25, 0.3) is 0 Å². The Balaban J connectivity index is 2.11. The number of epoxide rings is 1. The minimum absolute atomic E-state index is 0.203. The Labute approximate surface area is 93.1 Å². The lowest BCUT2D eigenvalue weighted by molar-refractivity contribution is -0.147. The fraction of sp³-hybridized carbons (Fsp3) is 0.909. The van der Waals surface area contributed by atoms with Gasteiger partial charge in [0.1, 0.15) is 5.60 Å². The van der Waals surface area contributed by atoms with Crippen LogP contribution in [-0.2, 0) is 14.3 Å². The van der Waals surface area contributed by atoms with E-state index in [9.17, 15) is 13.6 Å². The van der Waals surface area contributed by atoms with E-state index in [0.717, 1.165) is 0 Å². The standard InChI is InChI=1S/C11H16F2O3/c1-3-11(8(14)15-2)9(16-11)4-6-10(12,13)7-5-9/h3-7H2,1-2H3. The predicted molar refractivity (Wildman–Crippen MR) is 52.3 cm³/mol. The van der Waals surface area contributed by atoms with Crippen LogP contribution in [0.5, 0.6) is 0 Å². The highest BCUT2D eigenvalue weighted by molar-refractivity contribution is 5.84. The predicted octanol–water partition coefficient (Wildman–Crippen LogP) is 2.29. The Morgan fingerprint density at radius 1 is 1.31 bits per heavy atom. The summed E-state index contributed by atoms with van der Waals surface area (Å²) in [5.74, 6) is -3.03. The molecular formula is C11H16F2O3. The van der Waals surface area contributed by atoms with Crippen molar-refractivity contribution in [3.8, 4) is 0 Å². The van der Waals surface area contributed by atoms with Crippen molar-refractivity contribution in [3.63, 3.8) is 0 Å². The Bertz CT molecular complexity index is 306. The summed E-state index contributed by atoms with van der Waals surface area (Å²) >= 11 is 0. The molecule has 0 amide bonds. The van der Waals surface area contributed by atoms with E-state index in [1.807, 2.05) is 6.92 Å². The first-order valence-corrected chi connectivity index (χ1v) is 5.58. The van der Waals surface area contributed by atoms with Gasteiger partial charge in [0.05, 0.1) is 7.11 Å². The summed E-state index contributed by atoms with van der Waals surface area (Å²) in [6.07, 6.45) is 0.550. The summed E-state index contributed by atoms with van der Waals surface area (Å²) in [6, 6.07) is 0. The topological polar surface area (TPSA) is 38.8 Å². The molecular weight excluding hydrogens is 218 g/mol. The van der Waals surface area contributed by atoms with Crippen molar-refractivity contribution in [2.45, 2.75) is 56.2 Å². The fourth-order valence-electron chi connectivity index (χ4n) is 2.76. The summed E-state index contributed by atoms with van der Waals surface area (Å²) in [5, 5.41) is 0. The number of ether oxygens (including phenoxy) is 2. The van der Waals surface area contributed by atoms with Gasteiger partial charge in [-0.3, -0.25) is 0 Å². The minimum atomic E-state index is -2.60. The average Bonchev–Trinajstić information content (AvgIpc) is 2.92.